The van der Waals surface area contributed by atoms with Gasteiger partial charge in [0.15, 0.2) is 6.10 Å². The maximum absolute atomic E-state index is 12.6. The van der Waals surface area contributed by atoms with E-state index in [2.05, 4.69) is 5.32 Å². The minimum Gasteiger partial charge on any atom is -0.495 e. The number of nitrogens with zero attached hydrogens (tertiary/aromatic N) is 1. The zero-order valence-corrected chi connectivity index (χ0v) is 16.9. The third-order valence-corrected chi connectivity index (χ3v) is 4.86. The average Bonchev–Trinajstić information content (AvgIpc) is 3.09. The second kappa shape index (κ2) is 8.52. The average molecular weight is 403 g/mol. The molecule has 0 spiro atoms. The van der Waals surface area contributed by atoms with E-state index < -0.39 is 6.10 Å². The molecule has 0 bridgehead atoms. The lowest BCUT2D eigenvalue weighted by molar-refractivity contribution is -0.122. The predicted molar refractivity (Wildman–Crippen MR) is 109 cm³/mol. The van der Waals surface area contributed by atoms with Crippen molar-refractivity contribution in [2.75, 3.05) is 23.9 Å². The van der Waals surface area contributed by atoms with Gasteiger partial charge in [0.05, 0.1) is 12.8 Å². The summed E-state index contributed by atoms with van der Waals surface area (Å²) in [6.07, 6.45) is 0.619. The van der Waals surface area contributed by atoms with Crippen LogP contribution in [-0.4, -0.2) is 31.6 Å². The van der Waals surface area contributed by atoms with E-state index in [9.17, 15) is 9.59 Å². The number of amides is 2. The number of rotatable bonds is 6. The van der Waals surface area contributed by atoms with E-state index in [4.69, 9.17) is 21.1 Å². The van der Waals surface area contributed by atoms with Crippen molar-refractivity contribution in [2.45, 2.75) is 32.8 Å². The molecule has 28 heavy (non-hydrogen) atoms. The van der Waals surface area contributed by atoms with Crippen LogP contribution in [0.5, 0.6) is 11.5 Å². The molecule has 3 rings (SSSR count). The number of anilines is 2. The molecule has 1 unspecified atom stereocenters. The SMILES string of the molecule is COc1ccc(NC(=O)C(C)Oc2ccc(Cl)cc2C)cc1N1CCCC1=O. The predicted octanol–water partition coefficient (Wildman–Crippen LogP) is 4.19. The third kappa shape index (κ3) is 4.39. The third-order valence-electron chi connectivity index (χ3n) is 4.62. The first kappa shape index (κ1) is 20.0. The monoisotopic (exact) mass is 402 g/mol. The molecule has 7 heteroatoms. The van der Waals surface area contributed by atoms with Crippen molar-refractivity contribution in [3.05, 3.63) is 47.0 Å². The van der Waals surface area contributed by atoms with Crippen LogP contribution in [0.4, 0.5) is 11.4 Å². The lowest BCUT2D eigenvalue weighted by Gasteiger charge is -2.21. The zero-order chi connectivity index (χ0) is 20.3. The lowest BCUT2D eigenvalue weighted by atomic mass is 10.2. The Morgan fingerprint density at radius 3 is 2.61 bits per heavy atom. The molecule has 2 aromatic carbocycles. The summed E-state index contributed by atoms with van der Waals surface area (Å²) in [5.41, 5.74) is 2.08. The first-order valence-electron chi connectivity index (χ1n) is 9.11. The lowest BCUT2D eigenvalue weighted by Crippen LogP contribution is -2.30. The Kier molecular flexibility index (Phi) is 6.09. The number of carbonyl (C=O) groups excluding carboxylic acids is 2. The van der Waals surface area contributed by atoms with E-state index in [1.807, 2.05) is 6.92 Å². The second-order valence-corrected chi connectivity index (χ2v) is 7.13. The maximum Gasteiger partial charge on any atom is 0.265 e. The van der Waals surface area contributed by atoms with Gasteiger partial charge in [-0.2, -0.15) is 0 Å². The Morgan fingerprint density at radius 2 is 1.96 bits per heavy atom. The number of ether oxygens (including phenoxy) is 2. The topological polar surface area (TPSA) is 67.9 Å². The Bertz CT molecular complexity index is 900. The highest BCUT2D eigenvalue weighted by Crippen LogP contribution is 2.34. The fourth-order valence-electron chi connectivity index (χ4n) is 3.11. The minimum absolute atomic E-state index is 0.0525. The van der Waals surface area contributed by atoms with Crippen LogP contribution in [-0.2, 0) is 9.59 Å². The number of benzene rings is 2. The molecule has 1 saturated heterocycles. The molecule has 0 radical (unpaired) electrons. The highest BCUT2D eigenvalue weighted by Gasteiger charge is 2.25. The number of methoxy groups -OCH3 is 1. The Balaban J connectivity index is 1.73. The van der Waals surface area contributed by atoms with Crippen LogP contribution >= 0.6 is 11.6 Å². The summed E-state index contributed by atoms with van der Waals surface area (Å²) in [4.78, 5) is 26.4. The molecule has 0 aliphatic carbocycles. The van der Waals surface area contributed by atoms with Crippen LogP contribution in [0.25, 0.3) is 0 Å². The van der Waals surface area contributed by atoms with Gasteiger partial charge in [-0.25, -0.2) is 0 Å². The minimum atomic E-state index is -0.709. The van der Waals surface area contributed by atoms with Crippen LogP contribution < -0.4 is 19.7 Å². The molecule has 2 aromatic rings. The van der Waals surface area contributed by atoms with Crippen molar-refractivity contribution < 1.29 is 19.1 Å². The van der Waals surface area contributed by atoms with Crippen molar-refractivity contribution in [1.82, 2.24) is 0 Å². The standard InChI is InChI=1S/C21H23ClN2O4/c1-13-11-15(22)6-8-18(13)28-14(2)21(26)23-16-7-9-19(27-3)17(12-16)24-10-4-5-20(24)25/h6-9,11-12,14H,4-5,10H2,1-3H3,(H,23,26). The van der Waals surface area contributed by atoms with Crippen molar-refractivity contribution >= 4 is 34.8 Å². The van der Waals surface area contributed by atoms with Gasteiger partial charge < -0.3 is 19.7 Å². The van der Waals surface area contributed by atoms with E-state index >= 15 is 0 Å². The molecule has 1 N–H and O–H groups in total. The highest BCUT2D eigenvalue weighted by molar-refractivity contribution is 6.30. The summed E-state index contributed by atoms with van der Waals surface area (Å²) in [5, 5.41) is 3.45. The number of carbonyl (C=O) groups is 2. The molecule has 1 heterocycles. The van der Waals surface area contributed by atoms with Gasteiger partial charge in [-0.1, -0.05) is 11.6 Å². The van der Waals surface area contributed by atoms with Crippen molar-refractivity contribution in [1.29, 1.82) is 0 Å². The Morgan fingerprint density at radius 1 is 1.21 bits per heavy atom. The fourth-order valence-corrected chi connectivity index (χ4v) is 3.34. The molecule has 2 amide bonds. The Labute approximate surface area is 169 Å². The van der Waals surface area contributed by atoms with E-state index in [1.54, 1.807) is 55.3 Å². The summed E-state index contributed by atoms with van der Waals surface area (Å²) in [6, 6.07) is 10.5. The van der Waals surface area contributed by atoms with Crippen LogP contribution in [0.2, 0.25) is 5.02 Å². The van der Waals surface area contributed by atoms with Crippen molar-refractivity contribution in [3.63, 3.8) is 0 Å². The summed E-state index contributed by atoms with van der Waals surface area (Å²) in [7, 11) is 1.56. The van der Waals surface area contributed by atoms with Crippen molar-refractivity contribution in [2.24, 2.45) is 0 Å². The van der Waals surface area contributed by atoms with Gasteiger partial charge in [-0.05, 0) is 62.2 Å². The van der Waals surface area contributed by atoms with Crippen LogP contribution in [0.3, 0.4) is 0 Å². The molecule has 6 nitrogen and oxygen atoms in total. The van der Waals surface area contributed by atoms with Crippen LogP contribution in [0.15, 0.2) is 36.4 Å². The molecule has 1 aliphatic rings. The van der Waals surface area contributed by atoms with Crippen LogP contribution in [0, 0.1) is 6.92 Å². The van der Waals surface area contributed by atoms with Gasteiger partial charge in [0.25, 0.3) is 5.91 Å². The van der Waals surface area contributed by atoms with Gasteiger partial charge in [0.1, 0.15) is 11.5 Å². The van der Waals surface area contributed by atoms with E-state index in [-0.39, 0.29) is 11.8 Å². The summed E-state index contributed by atoms with van der Waals surface area (Å²) >= 11 is 5.95. The normalized spacial score (nSPS) is 14.7. The van der Waals surface area contributed by atoms with Crippen LogP contribution in [0.1, 0.15) is 25.3 Å². The van der Waals surface area contributed by atoms with Gasteiger partial charge >= 0.3 is 0 Å². The summed E-state index contributed by atoms with van der Waals surface area (Å²) < 4.78 is 11.1. The molecule has 1 fully saturated rings. The quantitative estimate of drug-likeness (QED) is 0.786. The largest absolute Gasteiger partial charge is 0.495 e. The molecule has 148 valence electrons. The van der Waals surface area contributed by atoms with Crippen molar-refractivity contribution in [3.8, 4) is 11.5 Å². The fraction of sp³-hybridized carbons (Fsp3) is 0.333. The highest BCUT2D eigenvalue weighted by atomic mass is 35.5. The number of hydrogen-bond acceptors (Lipinski definition) is 4. The number of aryl methyl sites for hydroxylation is 1. The smallest absolute Gasteiger partial charge is 0.265 e. The summed E-state index contributed by atoms with van der Waals surface area (Å²) in [6.45, 7) is 4.19. The Hall–Kier alpha value is -2.73. The number of halogens is 1. The molecule has 0 aromatic heterocycles. The number of nitrogens with one attached hydrogen (secondary N) is 1. The van der Waals surface area contributed by atoms with E-state index in [0.29, 0.717) is 40.9 Å². The molecular formula is C21H23ClN2O4. The zero-order valence-electron chi connectivity index (χ0n) is 16.1. The molecule has 1 aliphatic heterocycles. The van der Waals surface area contributed by atoms with Gasteiger partial charge in [-0.15, -0.1) is 0 Å². The second-order valence-electron chi connectivity index (χ2n) is 6.69. The first-order valence-corrected chi connectivity index (χ1v) is 9.49. The molecular weight excluding hydrogens is 380 g/mol. The molecule has 0 saturated carbocycles. The van der Waals surface area contributed by atoms with Gasteiger partial charge in [-0.3, -0.25) is 9.59 Å². The molecule has 1 atom stereocenters. The first-order chi connectivity index (χ1) is 13.4. The van der Waals surface area contributed by atoms with E-state index in [0.717, 1.165) is 12.0 Å². The number of hydrogen-bond donors (Lipinski definition) is 1. The van der Waals surface area contributed by atoms with Gasteiger partial charge in [0.2, 0.25) is 5.91 Å². The van der Waals surface area contributed by atoms with E-state index in [1.165, 1.54) is 0 Å². The van der Waals surface area contributed by atoms with Gasteiger partial charge in [0, 0.05) is 23.7 Å². The summed E-state index contributed by atoms with van der Waals surface area (Å²) in [5.74, 6) is 0.953. The maximum atomic E-state index is 12.6.